The lowest BCUT2D eigenvalue weighted by atomic mass is 10.3. The molecule has 3 heterocycles. The summed E-state index contributed by atoms with van der Waals surface area (Å²) in [4.78, 5) is 12.0. The van der Waals surface area contributed by atoms with E-state index in [-0.39, 0.29) is 0 Å². The molecule has 0 aliphatic carbocycles. The molecule has 0 unspecified atom stereocenters. The van der Waals surface area contributed by atoms with Gasteiger partial charge in [-0.05, 0) is 24.3 Å². The Hall–Kier alpha value is -2.36. The predicted octanol–water partition coefficient (Wildman–Crippen LogP) is 2.36. The molecule has 4 heteroatoms. The van der Waals surface area contributed by atoms with Crippen LogP contribution in [0.3, 0.4) is 0 Å². The van der Waals surface area contributed by atoms with Crippen molar-refractivity contribution in [2.75, 3.05) is 0 Å². The minimum atomic E-state index is 0.922. The largest absolute Gasteiger partial charge is 0.343 e. The van der Waals surface area contributed by atoms with Crippen molar-refractivity contribution in [3.63, 3.8) is 0 Å². The Morgan fingerprint density at radius 1 is 1.06 bits per heavy atom. The van der Waals surface area contributed by atoms with Gasteiger partial charge in [0.05, 0.1) is 22.9 Å². The van der Waals surface area contributed by atoms with E-state index in [0.29, 0.717) is 0 Å². The number of benzene rings is 1. The molecule has 0 aliphatic rings. The van der Waals surface area contributed by atoms with Crippen molar-refractivity contribution in [1.82, 2.24) is 19.4 Å². The molecule has 0 bridgehead atoms. The van der Waals surface area contributed by atoms with E-state index in [1.165, 1.54) is 0 Å². The number of pyridine rings is 1. The van der Waals surface area contributed by atoms with Crippen molar-refractivity contribution < 1.29 is 0 Å². The lowest BCUT2D eigenvalue weighted by molar-refractivity contribution is 1.24. The number of hydrogen-bond acceptors (Lipinski definition) is 2. The van der Waals surface area contributed by atoms with Gasteiger partial charge in [-0.3, -0.25) is 4.40 Å². The van der Waals surface area contributed by atoms with Crippen LogP contribution in [-0.2, 0) is 0 Å². The van der Waals surface area contributed by atoms with Crippen LogP contribution in [0.1, 0.15) is 0 Å². The molecule has 0 saturated heterocycles. The van der Waals surface area contributed by atoms with Gasteiger partial charge in [-0.25, -0.2) is 9.97 Å². The first kappa shape index (κ1) is 7.87. The molecule has 4 nitrogen and oxygen atoms in total. The van der Waals surface area contributed by atoms with Crippen molar-refractivity contribution in [3.05, 3.63) is 42.7 Å². The molecule has 4 rings (SSSR count). The van der Waals surface area contributed by atoms with Gasteiger partial charge in [0.1, 0.15) is 5.65 Å². The number of fused-ring (bicyclic) bond motifs is 5. The third kappa shape index (κ3) is 0.839. The molecule has 0 spiro atoms. The summed E-state index contributed by atoms with van der Waals surface area (Å²) in [5.74, 6) is 0. The van der Waals surface area contributed by atoms with Gasteiger partial charge < -0.3 is 4.98 Å². The number of para-hydroxylation sites is 2. The summed E-state index contributed by atoms with van der Waals surface area (Å²) in [6.45, 7) is 0. The van der Waals surface area contributed by atoms with Crippen molar-refractivity contribution in [1.29, 1.82) is 0 Å². The maximum atomic E-state index is 4.55. The van der Waals surface area contributed by atoms with Gasteiger partial charge in [-0.1, -0.05) is 12.1 Å². The summed E-state index contributed by atoms with van der Waals surface area (Å²) < 4.78 is 2.07. The van der Waals surface area contributed by atoms with Crippen LogP contribution >= 0.6 is 0 Å². The lowest BCUT2D eigenvalue weighted by Crippen LogP contribution is -1.86. The van der Waals surface area contributed by atoms with Gasteiger partial charge in [0.2, 0.25) is 0 Å². The van der Waals surface area contributed by atoms with Crippen molar-refractivity contribution in [2.24, 2.45) is 0 Å². The van der Waals surface area contributed by atoms with Crippen LogP contribution < -0.4 is 0 Å². The molecule has 3 aromatic heterocycles. The molecule has 0 atom stereocenters. The zero-order valence-corrected chi connectivity index (χ0v) is 8.38. The molecule has 0 fully saturated rings. The maximum absolute atomic E-state index is 4.55. The number of nitrogens with one attached hydrogen (secondary N) is 1. The zero-order chi connectivity index (χ0) is 10.5. The molecular formula is C12H8N4. The van der Waals surface area contributed by atoms with E-state index in [1.807, 2.05) is 30.3 Å². The normalized spacial score (nSPS) is 11.8. The summed E-state index contributed by atoms with van der Waals surface area (Å²) in [6.07, 6.45) is 1.71. The number of imidazole rings is 2. The summed E-state index contributed by atoms with van der Waals surface area (Å²) >= 11 is 0. The molecule has 1 aromatic carbocycles. The van der Waals surface area contributed by atoms with Crippen LogP contribution in [0.25, 0.3) is 27.8 Å². The van der Waals surface area contributed by atoms with Crippen LogP contribution in [0.5, 0.6) is 0 Å². The molecule has 1 N–H and O–H groups in total. The molecule has 0 amide bonds. The molecule has 76 valence electrons. The van der Waals surface area contributed by atoms with Crippen LogP contribution in [0.15, 0.2) is 42.7 Å². The number of rotatable bonds is 0. The van der Waals surface area contributed by atoms with E-state index < -0.39 is 0 Å². The first-order chi connectivity index (χ1) is 7.93. The third-order valence-electron chi connectivity index (χ3n) is 2.85. The van der Waals surface area contributed by atoms with Crippen LogP contribution in [-0.4, -0.2) is 19.4 Å². The van der Waals surface area contributed by atoms with E-state index in [4.69, 9.17) is 0 Å². The smallest absolute Gasteiger partial charge is 0.164 e. The molecule has 16 heavy (non-hydrogen) atoms. The van der Waals surface area contributed by atoms with Crippen LogP contribution in [0.2, 0.25) is 0 Å². The highest BCUT2D eigenvalue weighted by Crippen LogP contribution is 2.20. The van der Waals surface area contributed by atoms with Gasteiger partial charge in [-0.2, -0.15) is 0 Å². The third-order valence-corrected chi connectivity index (χ3v) is 2.85. The summed E-state index contributed by atoms with van der Waals surface area (Å²) in [6, 6.07) is 12.1. The fourth-order valence-electron chi connectivity index (χ4n) is 2.13. The topological polar surface area (TPSA) is 46.0 Å². The Bertz CT molecular complexity index is 809. The van der Waals surface area contributed by atoms with Gasteiger partial charge in [0.15, 0.2) is 5.65 Å². The second-order valence-electron chi connectivity index (χ2n) is 3.77. The standard InChI is InChI=1S/C12H8N4/c1-2-4-10-8(3-1)15-11-6-5-9-12(16(10)11)14-7-13-9/h1-7H,(H,13,14). The fourth-order valence-corrected chi connectivity index (χ4v) is 2.13. The Balaban J connectivity index is 2.42. The van der Waals surface area contributed by atoms with E-state index in [9.17, 15) is 0 Å². The van der Waals surface area contributed by atoms with Gasteiger partial charge in [0, 0.05) is 0 Å². The average Bonchev–Trinajstić information content (AvgIpc) is 2.91. The maximum Gasteiger partial charge on any atom is 0.164 e. The first-order valence-corrected chi connectivity index (χ1v) is 5.13. The molecular weight excluding hydrogens is 200 g/mol. The van der Waals surface area contributed by atoms with Crippen molar-refractivity contribution in [3.8, 4) is 0 Å². The quantitative estimate of drug-likeness (QED) is 0.482. The number of H-pyrrole nitrogens is 1. The molecule has 0 radical (unpaired) electrons. The van der Waals surface area contributed by atoms with Crippen LogP contribution in [0.4, 0.5) is 0 Å². The van der Waals surface area contributed by atoms with E-state index in [2.05, 4.69) is 25.4 Å². The van der Waals surface area contributed by atoms with Gasteiger partial charge >= 0.3 is 0 Å². The highest BCUT2D eigenvalue weighted by molar-refractivity contribution is 5.87. The minimum Gasteiger partial charge on any atom is -0.343 e. The highest BCUT2D eigenvalue weighted by Gasteiger charge is 2.07. The Labute approximate surface area is 90.6 Å². The monoisotopic (exact) mass is 208 g/mol. The van der Waals surface area contributed by atoms with Crippen LogP contribution in [0, 0.1) is 0 Å². The second kappa shape index (κ2) is 2.61. The Morgan fingerprint density at radius 2 is 2.00 bits per heavy atom. The van der Waals surface area contributed by atoms with Gasteiger partial charge in [0.25, 0.3) is 0 Å². The highest BCUT2D eigenvalue weighted by atomic mass is 15.1. The summed E-state index contributed by atoms with van der Waals surface area (Å²) in [5, 5.41) is 0. The SMILES string of the molecule is c1ccc2c(c1)nc1ccc3[nH]cnc3n12. The lowest BCUT2D eigenvalue weighted by Gasteiger charge is -1.96. The molecule has 0 aliphatic heterocycles. The van der Waals surface area contributed by atoms with E-state index >= 15 is 0 Å². The van der Waals surface area contributed by atoms with Crippen molar-refractivity contribution >= 4 is 27.8 Å². The fraction of sp³-hybridized carbons (Fsp3) is 0. The molecule has 4 aromatic rings. The Kier molecular flexibility index (Phi) is 1.28. The zero-order valence-electron chi connectivity index (χ0n) is 8.38. The number of hydrogen-bond donors (Lipinski definition) is 1. The van der Waals surface area contributed by atoms with E-state index in [1.54, 1.807) is 6.33 Å². The number of aromatic nitrogens is 4. The predicted molar refractivity (Wildman–Crippen MR) is 62.3 cm³/mol. The van der Waals surface area contributed by atoms with E-state index in [0.717, 1.165) is 27.8 Å². The minimum absolute atomic E-state index is 0.922. The number of aromatic amines is 1. The van der Waals surface area contributed by atoms with Gasteiger partial charge in [-0.15, -0.1) is 0 Å². The Morgan fingerprint density at radius 3 is 3.00 bits per heavy atom. The first-order valence-electron chi connectivity index (χ1n) is 5.13. The summed E-state index contributed by atoms with van der Waals surface area (Å²) in [7, 11) is 0. The average molecular weight is 208 g/mol. The number of nitrogens with zero attached hydrogens (tertiary/aromatic N) is 3. The summed E-state index contributed by atoms with van der Waals surface area (Å²) in [5.41, 5.74) is 4.97. The second-order valence-corrected chi connectivity index (χ2v) is 3.77. The van der Waals surface area contributed by atoms with Crippen molar-refractivity contribution in [2.45, 2.75) is 0 Å². The molecule has 0 saturated carbocycles.